The van der Waals surface area contributed by atoms with E-state index in [9.17, 15) is 4.79 Å². The van der Waals surface area contributed by atoms with Crippen LogP contribution in [-0.2, 0) is 13.1 Å². The minimum Gasteiger partial charge on any atom is -0.478 e. The molecular formula is C16H14N2O2S. The lowest BCUT2D eigenvalue weighted by Crippen LogP contribution is -2.12. The van der Waals surface area contributed by atoms with Crippen molar-refractivity contribution in [1.82, 2.24) is 10.3 Å². The Kier molecular flexibility index (Phi) is 3.94. The topological polar surface area (TPSA) is 62.2 Å². The Morgan fingerprint density at radius 3 is 2.57 bits per heavy atom. The molecule has 0 bridgehead atoms. The van der Waals surface area contributed by atoms with Crippen molar-refractivity contribution in [2.24, 2.45) is 0 Å². The fourth-order valence-corrected chi connectivity index (χ4v) is 3.01. The van der Waals surface area contributed by atoms with Crippen molar-refractivity contribution in [2.75, 3.05) is 0 Å². The van der Waals surface area contributed by atoms with E-state index in [2.05, 4.69) is 16.4 Å². The van der Waals surface area contributed by atoms with Gasteiger partial charge >= 0.3 is 5.97 Å². The number of nitrogens with zero attached hydrogens (tertiary/aromatic N) is 1. The zero-order valence-corrected chi connectivity index (χ0v) is 12.1. The highest BCUT2D eigenvalue weighted by Gasteiger charge is 2.04. The van der Waals surface area contributed by atoms with E-state index in [-0.39, 0.29) is 0 Å². The van der Waals surface area contributed by atoms with Crippen LogP contribution < -0.4 is 5.32 Å². The maximum Gasteiger partial charge on any atom is 0.335 e. The minimum absolute atomic E-state index is 0.310. The highest BCUT2D eigenvalue weighted by Crippen LogP contribution is 2.21. The average Bonchev–Trinajstić information content (AvgIpc) is 2.90. The zero-order chi connectivity index (χ0) is 14.7. The fraction of sp³-hybridized carbons (Fsp3) is 0.125. The SMILES string of the molecule is O=C(O)c1ccc(CNCc2nc3ccccc3s2)cc1. The second-order valence-electron chi connectivity index (χ2n) is 4.68. The van der Waals surface area contributed by atoms with E-state index in [1.807, 2.05) is 30.3 Å². The number of benzene rings is 2. The number of aromatic carboxylic acids is 1. The van der Waals surface area contributed by atoms with E-state index < -0.39 is 5.97 Å². The van der Waals surface area contributed by atoms with Crippen molar-refractivity contribution in [3.8, 4) is 0 Å². The first-order valence-electron chi connectivity index (χ1n) is 6.60. The van der Waals surface area contributed by atoms with Crippen LogP contribution in [0.2, 0.25) is 0 Å². The molecule has 3 aromatic rings. The molecule has 0 aliphatic heterocycles. The van der Waals surface area contributed by atoms with Gasteiger partial charge in [-0.1, -0.05) is 24.3 Å². The summed E-state index contributed by atoms with van der Waals surface area (Å²) in [6.45, 7) is 1.40. The first kappa shape index (κ1) is 13.7. The zero-order valence-electron chi connectivity index (χ0n) is 11.2. The van der Waals surface area contributed by atoms with Gasteiger partial charge in [-0.2, -0.15) is 0 Å². The number of hydrogen-bond acceptors (Lipinski definition) is 4. The molecule has 3 rings (SSSR count). The van der Waals surface area contributed by atoms with E-state index in [1.165, 1.54) is 4.70 Å². The number of carboxylic acids is 1. The Bertz CT molecular complexity index is 732. The van der Waals surface area contributed by atoms with Crippen LogP contribution in [-0.4, -0.2) is 16.1 Å². The van der Waals surface area contributed by atoms with Gasteiger partial charge < -0.3 is 10.4 Å². The van der Waals surface area contributed by atoms with Crippen LogP contribution in [0, 0.1) is 0 Å². The quantitative estimate of drug-likeness (QED) is 0.759. The lowest BCUT2D eigenvalue weighted by Gasteiger charge is -2.03. The van der Waals surface area contributed by atoms with Crippen LogP contribution >= 0.6 is 11.3 Å². The van der Waals surface area contributed by atoms with E-state index in [0.717, 1.165) is 16.1 Å². The van der Waals surface area contributed by atoms with E-state index in [1.54, 1.807) is 23.5 Å². The molecule has 106 valence electrons. The summed E-state index contributed by atoms with van der Waals surface area (Å²) in [6.07, 6.45) is 0. The molecule has 0 fully saturated rings. The Labute approximate surface area is 126 Å². The number of rotatable bonds is 5. The molecule has 0 saturated heterocycles. The second kappa shape index (κ2) is 6.03. The smallest absolute Gasteiger partial charge is 0.335 e. The van der Waals surface area contributed by atoms with Gasteiger partial charge in [-0.25, -0.2) is 9.78 Å². The van der Waals surface area contributed by atoms with Crippen LogP contribution in [0.25, 0.3) is 10.2 Å². The highest BCUT2D eigenvalue weighted by molar-refractivity contribution is 7.18. The number of para-hydroxylation sites is 1. The molecule has 0 saturated carbocycles. The van der Waals surface area contributed by atoms with Crippen molar-refractivity contribution < 1.29 is 9.90 Å². The number of nitrogens with one attached hydrogen (secondary N) is 1. The van der Waals surface area contributed by atoms with Crippen LogP contribution in [0.15, 0.2) is 48.5 Å². The molecule has 1 aromatic heterocycles. The Morgan fingerprint density at radius 1 is 1.10 bits per heavy atom. The Morgan fingerprint density at radius 2 is 1.86 bits per heavy atom. The van der Waals surface area contributed by atoms with Crippen LogP contribution in [0.5, 0.6) is 0 Å². The molecule has 0 unspecified atom stereocenters. The van der Waals surface area contributed by atoms with Crippen molar-refractivity contribution in [3.63, 3.8) is 0 Å². The second-order valence-corrected chi connectivity index (χ2v) is 5.80. The van der Waals surface area contributed by atoms with E-state index >= 15 is 0 Å². The summed E-state index contributed by atoms with van der Waals surface area (Å²) >= 11 is 1.69. The van der Waals surface area contributed by atoms with Gasteiger partial charge in [0.15, 0.2) is 0 Å². The van der Waals surface area contributed by atoms with Crippen LogP contribution in [0.1, 0.15) is 20.9 Å². The van der Waals surface area contributed by atoms with Crippen molar-refractivity contribution in [1.29, 1.82) is 0 Å². The van der Waals surface area contributed by atoms with Gasteiger partial charge in [0.05, 0.1) is 15.8 Å². The third-order valence-corrected chi connectivity index (χ3v) is 4.18. The van der Waals surface area contributed by atoms with Gasteiger partial charge in [0.25, 0.3) is 0 Å². The van der Waals surface area contributed by atoms with Gasteiger partial charge in [0.2, 0.25) is 0 Å². The lowest BCUT2D eigenvalue weighted by atomic mass is 10.1. The van der Waals surface area contributed by atoms with Crippen LogP contribution in [0.3, 0.4) is 0 Å². The number of carboxylic acid groups (broad SMARTS) is 1. The molecule has 0 amide bonds. The van der Waals surface area contributed by atoms with Crippen LogP contribution in [0.4, 0.5) is 0 Å². The molecule has 0 radical (unpaired) electrons. The summed E-state index contributed by atoms with van der Waals surface area (Å²) in [7, 11) is 0. The monoisotopic (exact) mass is 298 g/mol. The van der Waals surface area contributed by atoms with Gasteiger partial charge in [-0.3, -0.25) is 0 Å². The summed E-state index contributed by atoms with van der Waals surface area (Å²) in [5, 5.41) is 13.2. The molecule has 0 aliphatic rings. The Balaban J connectivity index is 1.59. The van der Waals surface area contributed by atoms with Crippen molar-refractivity contribution >= 4 is 27.5 Å². The number of carbonyl (C=O) groups is 1. The minimum atomic E-state index is -0.899. The van der Waals surface area contributed by atoms with Crippen molar-refractivity contribution in [3.05, 3.63) is 64.7 Å². The molecule has 0 aliphatic carbocycles. The molecule has 0 spiro atoms. The number of fused-ring (bicyclic) bond motifs is 1. The summed E-state index contributed by atoms with van der Waals surface area (Å²) in [6, 6.07) is 15.0. The maximum absolute atomic E-state index is 10.8. The van der Waals surface area contributed by atoms with Gasteiger partial charge in [-0.15, -0.1) is 11.3 Å². The highest BCUT2D eigenvalue weighted by atomic mass is 32.1. The number of hydrogen-bond donors (Lipinski definition) is 2. The molecule has 21 heavy (non-hydrogen) atoms. The van der Waals surface area contributed by atoms with Crippen molar-refractivity contribution in [2.45, 2.75) is 13.1 Å². The molecule has 2 N–H and O–H groups in total. The summed E-state index contributed by atoms with van der Waals surface area (Å²) in [5.74, 6) is -0.899. The third-order valence-electron chi connectivity index (χ3n) is 3.14. The average molecular weight is 298 g/mol. The fourth-order valence-electron chi connectivity index (χ4n) is 2.07. The van der Waals surface area contributed by atoms with E-state index in [0.29, 0.717) is 18.7 Å². The predicted octanol–water partition coefficient (Wildman–Crippen LogP) is 3.28. The normalized spacial score (nSPS) is 10.9. The summed E-state index contributed by atoms with van der Waals surface area (Å²) in [5.41, 5.74) is 2.40. The lowest BCUT2D eigenvalue weighted by molar-refractivity contribution is 0.0697. The first-order chi connectivity index (χ1) is 10.2. The largest absolute Gasteiger partial charge is 0.478 e. The summed E-state index contributed by atoms with van der Waals surface area (Å²) < 4.78 is 1.19. The third kappa shape index (κ3) is 3.26. The number of aromatic nitrogens is 1. The van der Waals surface area contributed by atoms with Gasteiger partial charge in [0.1, 0.15) is 5.01 Å². The summed E-state index contributed by atoms with van der Waals surface area (Å²) in [4.78, 5) is 15.3. The Hall–Kier alpha value is -2.24. The maximum atomic E-state index is 10.8. The molecule has 5 heteroatoms. The predicted molar refractivity (Wildman–Crippen MR) is 83.6 cm³/mol. The molecule has 2 aromatic carbocycles. The molecule has 4 nitrogen and oxygen atoms in total. The standard InChI is InChI=1S/C16H14N2O2S/c19-16(20)12-7-5-11(6-8-12)9-17-10-15-18-13-3-1-2-4-14(13)21-15/h1-8,17H,9-10H2,(H,19,20). The van der Waals surface area contributed by atoms with Gasteiger partial charge in [0, 0.05) is 13.1 Å². The first-order valence-corrected chi connectivity index (χ1v) is 7.41. The number of thiazole rings is 1. The molecular weight excluding hydrogens is 284 g/mol. The molecule has 1 heterocycles. The van der Waals surface area contributed by atoms with Gasteiger partial charge in [-0.05, 0) is 29.8 Å². The molecule has 0 atom stereocenters. The van der Waals surface area contributed by atoms with E-state index in [4.69, 9.17) is 5.11 Å².